The Balaban J connectivity index is 2.26. The Bertz CT molecular complexity index is 916. The summed E-state index contributed by atoms with van der Waals surface area (Å²) in [5.41, 5.74) is 4.30. The van der Waals surface area contributed by atoms with Crippen LogP contribution in [0.3, 0.4) is 0 Å². The molecule has 0 aliphatic rings. The van der Waals surface area contributed by atoms with Crippen molar-refractivity contribution in [3.8, 4) is 11.5 Å². The van der Waals surface area contributed by atoms with Crippen molar-refractivity contribution in [3.05, 3.63) is 45.8 Å². The number of Topliss-reactive ketones (excluding diaryl/α,β-unsaturated/α-hetero) is 1. The van der Waals surface area contributed by atoms with Gasteiger partial charge in [-0.25, -0.2) is 4.79 Å². The number of ether oxygens (including phenoxy) is 3. The van der Waals surface area contributed by atoms with Crippen LogP contribution in [0.25, 0.3) is 0 Å². The Labute approximate surface area is 172 Å². The van der Waals surface area contributed by atoms with Gasteiger partial charge in [0.15, 0.2) is 17.5 Å². The number of aromatic amines is 1. The lowest BCUT2D eigenvalue weighted by Crippen LogP contribution is -3.12. The summed E-state index contributed by atoms with van der Waals surface area (Å²) in [4.78, 5) is 29.2. The second-order valence-electron chi connectivity index (χ2n) is 7.36. The second kappa shape index (κ2) is 9.13. The Kier molecular flexibility index (Phi) is 7.08. The zero-order valence-corrected chi connectivity index (χ0v) is 18.5. The minimum Gasteiger partial charge on any atom is -0.493 e. The van der Waals surface area contributed by atoms with E-state index >= 15 is 0 Å². The molecule has 2 N–H and O–H groups in total. The molecule has 2 rings (SSSR count). The van der Waals surface area contributed by atoms with E-state index in [9.17, 15) is 9.59 Å². The van der Waals surface area contributed by atoms with Gasteiger partial charge in [0.05, 0.1) is 39.6 Å². The molecule has 2 aromatic rings. The van der Waals surface area contributed by atoms with Crippen molar-refractivity contribution in [1.29, 1.82) is 0 Å². The number of H-pyrrole nitrogens is 1. The highest BCUT2D eigenvalue weighted by atomic mass is 16.5. The molecular formula is C22H31N2O5+. The van der Waals surface area contributed by atoms with Crippen molar-refractivity contribution in [2.24, 2.45) is 0 Å². The largest absolute Gasteiger partial charge is 0.493 e. The minimum absolute atomic E-state index is 0.0450. The predicted molar refractivity (Wildman–Crippen MR) is 110 cm³/mol. The topological polar surface area (TPSA) is 82.1 Å². The molecule has 0 saturated heterocycles. The van der Waals surface area contributed by atoms with Crippen molar-refractivity contribution < 1.29 is 28.7 Å². The van der Waals surface area contributed by atoms with Crippen LogP contribution >= 0.6 is 0 Å². The van der Waals surface area contributed by atoms with Crippen LogP contribution in [-0.4, -0.2) is 51.2 Å². The van der Waals surface area contributed by atoms with Gasteiger partial charge in [0.2, 0.25) is 5.78 Å². The third-order valence-electron chi connectivity index (χ3n) is 5.52. The van der Waals surface area contributed by atoms with E-state index in [1.807, 2.05) is 33.0 Å². The number of carbonyl (C=O) groups is 2. The summed E-state index contributed by atoms with van der Waals surface area (Å²) in [5.74, 6) is 0.864. The lowest BCUT2D eigenvalue weighted by atomic mass is 10.0. The Morgan fingerprint density at radius 1 is 1.07 bits per heavy atom. The smallest absolute Gasteiger partial charge is 0.339 e. The molecule has 158 valence electrons. The fourth-order valence-corrected chi connectivity index (χ4v) is 3.51. The number of aromatic nitrogens is 1. The van der Waals surface area contributed by atoms with E-state index in [2.05, 4.69) is 4.98 Å². The van der Waals surface area contributed by atoms with E-state index in [1.165, 1.54) is 7.11 Å². The molecule has 0 spiro atoms. The normalized spacial score (nSPS) is 13.0. The number of likely N-dealkylation sites (N-methyl/N-ethyl adjacent to an activating group) is 1. The van der Waals surface area contributed by atoms with Crippen LogP contribution in [0.4, 0.5) is 0 Å². The fourth-order valence-electron chi connectivity index (χ4n) is 3.51. The first kappa shape index (κ1) is 22.5. The average molecular weight is 403 g/mol. The Hall–Kier alpha value is -2.80. The summed E-state index contributed by atoms with van der Waals surface area (Å²) < 4.78 is 15.6. The number of hydrogen-bond acceptors (Lipinski definition) is 5. The lowest BCUT2D eigenvalue weighted by molar-refractivity contribution is -0.907. The maximum Gasteiger partial charge on any atom is 0.339 e. The van der Waals surface area contributed by atoms with Crippen LogP contribution in [0.15, 0.2) is 12.1 Å². The molecule has 1 heterocycles. The number of nitrogens with one attached hydrogen (secondary N) is 2. The van der Waals surface area contributed by atoms with Crippen molar-refractivity contribution in [2.45, 2.75) is 40.3 Å². The molecule has 1 unspecified atom stereocenters. The van der Waals surface area contributed by atoms with Gasteiger partial charge in [-0.2, -0.15) is 0 Å². The van der Waals surface area contributed by atoms with Crippen LogP contribution in [0.2, 0.25) is 0 Å². The molecule has 0 aliphatic heterocycles. The molecule has 0 radical (unpaired) electrons. The third-order valence-corrected chi connectivity index (χ3v) is 5.52. The molecule has 1 aromatic heterocycles. The zero-order valence-electron chi connectivity index (χ0n) is 18.5. The summed E-state index contributed by atoms with van der Waals surface area (Å²) in [6.07, 6.45) is 0. The van der Waals surface area contributed by atoms with Gasteiger partial charge in [0, 0.05) is 11.3 Å². The molecule has 29 heavy (non-hydrogen) atoms. The van der Waals surface area contributed by atoms with Gasteiger partial charge in [-0.1, -0.05) is 0 Å². The van der Waals surface area contributed by atoms with E-state index in [4.69, 9.17) is 14.2 Å². The number of aryl methyl sites for hydroxylation is 2. The maximum absolute atomic E-state index is 13.1. The van der Waals surface area contributed by atoms with Gasteiger partial charge in [0.25, 0.3) is 0 Å². The van der Waals surface area contributed by atoms with Gasteiger partial charge in [0.1, 0.15) is 6.54 Å². The lowest BCUT2D eigenvalue weighted by Gasteiger charge is -2.22. The Morgan fingerprint density at radius 2 is 1.66 bits per heavy atom. The number of esters is 1. The molecule has 0 saturated carbocycles. The van der Waals surface area contributed by atoms with Crippen molar-refractivity contribution in [2.75, 3.05) is 28.4 Å². The fraction of sp³-hybridized carbons (Fsp3) is 0.455. The van der Waals surface area contributed by atoms with Crippen LogP contribution in [-0.2, 0) is 11.3 Å². The van der Waals surface area contributed by atoms with Gasteiger partial charge in [-0.15, -0.1) is 0 Å². The van der Waals surface area contributed by atoms with E-state index < -0.39 is 5.97 Å². The van der Waals surface area contributed by atoms with Gasteiger partial charge in [-0.05, 0) is 51.0 Å². The molecule has 7 nitrogen and oxygen atoms in total. The monoisotopic (exact) mass is 403 g/mol. The summed E-state index contributed by atoms with van der Waals surface area (Å²) in [6.45, 7) is 8.08. The number of hydrogen-bond donors (Lipinski definition) is 2. The molecule has 0 bridgehead atoms. The first-order valence-corrected chi connectivity index (χ1v) is 9.51. The standard InChI is InChI=1S/C22H30N2O5/c1-12-9-17(27-6)18(28-7)10-16(12)11-24(5)15(4)21(25)20-13(2)19(14(3)23-20)22(26)29-8/h9-10,15,23H,11H2,1-8H3/p+1/t15-/m1/s1. The summed E-state index contributed by atoms with van der Waals surface area (Å²) >= 11 is 0. The molecular weight excluding hydrogens is 372 g/mol. The molecule has 2 atom stereocenters. The zero-order chi connectivity index (χ0) is 21.9. The first-order valence-electron chi connectivity index (χ1n) is 9.51. The number of ketones is 1. The number of methoxy groups -OCH3 is 3. The summed E-state index contributed by atoms with van der Waals surface area (Å²) in [5, 5.41) is 0. The third kappa shape index (κ3) is 4.45. The summed E-state index contributed by atoms with van der Waals surface area (Å²) in [7, 11) is 6.53. The van der Waals surface area contributed by atoms with Crippen molar-refractivity contribution in [1.82, 2.24) is 4.98 Å². The number of benzene rings is 1. The van der Waals surface area contributed by atoms with E-state index in [0.717, 1.165) is 16.0 Å². The van der Waals surface area contributed by atoms with E-state index in [0.29, 0.717) is 40.6 Å². The van der Waals surface area contributed by atoms with Gasteiger partial charge < -0.3 is 24.1 Å². The quantitative estimate of drug-likeness (QED) is 0.521. The molecule has 0 amide bonds. The number of carbonyl (C=O) groups excluding carboxylic acids is 2. The van der Waals surface area contributed by atoms with Gasteiger partial charge in [-0.3, -0.25) is 4.79 Å². The van der Waals surface area contributed by atoms with Crippen molar-refractivity contribution >= 4 is 11.8 Å². The predicted octanol–water partition coefficient (Wildman–Crippen LogP) is 2.03. The van der Waals surface area contributed by atoms with Crippen molar-refractivity contribution in [3.63, 3.8) is 0 Å². The van der Waals surface area contributed by atoms with Crippen LogP contribution in [0.5, 0.6) is 11.5 Å². The SMILES string of the molecule is COC(=O)c1c(C)[nH]c(C(=O)[C@@H](C)[NH+](C)Cc2cc(OC)c(OC)cc2C)c1C. The van der Waals surface area contributed by atoms with Gasteiger partial charge >= 0.3 is 5.97 Å². The highest BCUT2D eigenvalue weighted by molar-refractivity contribution is 6.03. The van der Waals surface area contributed by atoms with E-state index in [-0.39, 0.29) is 11.8 Å². The first-order chi connectivity index (χ1) is 13.7. The summed E-state index contributed by atoms with van der Waals surface area (Å²) in [6, 6.07) is 3.58. The van der Waals surface area contributed by atoms with Crippen LogP contribution in [0.1, 0.15) is 50.2 Å². The van der Waals surface area contributed by atoms with Crippen LogP contribution < -0.4 is 14.4 Å². The molecule has 1 aromatic carbocycles. The Morgan fingerprint density at radius 3 is 2.21 bits per heavy atom. The van der Waals surface area contributed by atoms with E-state index in [1.54, 1.807) is 28.1 Å². The highest BCUT2D eigenvalue weighted by Gasteiger charge is 2.30. The molecule has 0 aliphatic carbocycles. The molecule has 7 heteroatoms. The molecule has 0 fully saturated rings. The number of quaternary nitrogens is 1. The average Bonchev–Trinajstić information content (AvgIpc) is 3.01. The minimum atomic E-state index is -0.440. The maximum atomic E-state index is 13.1. The number of rotatable bonds is 8. The highest BCUT2D eigenvalue weighted by Crippen LogP contribution is 2.30. The van der Waals surface area contributed by atoms with Crippen LogP contribution in [0, 0.1) is 20.8 Å². The second-order valence-corrected chi connectivity index (χ2v) is 7.36.